The molecule has 2 N–H and O–H groups in total. The van der Waals surface area contributed by atoms with Gasteiger partial charge in [0.15, 0.2) is 0 Å². The summed E-state index contributed by atoms with van der Waals surface area (Å²) in [6.07, 6.45) is 4.97. The van der Waals surface area contributed by atoms with Crippen molar-refractivity contribution in [1.29, 1.82) is 0 Å². The van der Waals surface area contributed by atoms with Crippen molar-refractivity contribution < 1.29 is 4.74 Å². The highest BCUT2D eigenvalue weighted by molar-refractivity contribution is 5.45. The highest BCUT2D eigenvalue weighted by atomic mass is 16.5. The predicted octanol–water partition coefficient (Wildman–Crippen LogP) is 4.12. The Kier molecular flexibility index (Phi) is 3.75. The van der Waals surface area contributed by atoms with Crippen LogP contribution in [0.2, 0.25) is 0 Å². The number of hydrogen-bond donors (Lipinski definition) is 1. The fourth-order valence-corrected chi connectivity index (χ4v) is 2.91. The van der Waals surface area contributed by atoms with Crippen molar-refractivity contribution in [2.75, 3.05) is 0 Å². The average Bonchev–Trinajstić information content (AvgIpc) is 2.49. The molecule has 0 saturated heterocycles. The second-order valence-electron chi connectivity index (χ2n) is 5.51. The van der Waals surface area contributed by atoms with Crippen molar-refractivity contribution >= 4 is 0 Å². The minimum absolute atomic E-state index is 0.502. The maximum Gasteiger partial charge on any atom is 0.134 e. The zero-order valence-electron chi connectivity index (χ0n) is 12.0. The molecule has 2 heteroatoms. The molecule has 0 amide bonds. The van der Waals surface area contributed by atoms with Crippen LogP contribution in [-0.2, 0) is 19.4 Å². The van der Waals surface area contributed by atoms with Gasteiger partial charge in [0, 0.05) is 12.1 Å². The van der Waals surface area contributed by atoms with Gasteiger partial charge in [-0.2, -0.15) is 0 Å². The fraction of sp³-hybridized carbons (Fsp3) is 0.333. The lowest BCUT2D eigenvalue weighted by Gasteiger charge is -2.18. The Hall–Kier alpha value is -1.80. The maximum absolute atomic E-state index is 6.12. The number of rotatable bonds is 3. The Morgan fingerprint density at radius 1 is 1.05 bits per heavy atom. The van der Waals surface area contributed by atoms with Crippen molar-refractivity contribution in [3.63, 3.8) is 0 Å². The molecule has 1 aliphatic rings. The molecule has 0 fully saturated rings. The molecule has 2 nitrogen and oxygen atoms in total. The molecule has 104 valence electrons. The highest BCUT2D eigenvalue weighted by Crippen LogP contribution is 2.31. The van der Waals surface area contributed by atoms with Crippen molar-refractivity contribution in [3.05, 3.63) is 58.7 Å². The first-order valence-corrected chi connectivity index (χ1v) is 7.36. The quantitative estimate of drug-likeness (QED) is 0.907. The number of para-hydroxylation sites is 1. The van der Waals surface area contributed by atoms with Gasteiger partial charge in [-0.15, -0.1) is 0 Å². The van der Waals surface area contributed by atoms with Gasteiger partial charge in [-0.25, -0.2) is 0 Å². The lowest BCUT2D eigenvalue weighted by atomic mass is 9.92. The summed E-state index contributed by atoms with van der Waals surface area (Å²) in [4.78, 5) is 0. The van der Waals surface area contributed by atoms with E-state index in [4.69, 9.17) is 10.5 Å². The summed E-state index contributed by atoms with van der Waals surface area (Å²) >= 11 is 0. The standard InChI is InChI=1S/C18H21NO/c1-13-5-4-8-16(12-19)18(13)20-17-10-9-14-6-2-3-7-15(14)11-17/h4-5,8-11H,2-3,6-7,12,19H2,1H3. The SMILES string of the molecule is Cc1cccc(CN)c1Oc1ccc2c(c1)CCCC2. The van der Waals surface area contributed by atoms with E-state index in [1.807, 2.05) is 12.1 Å². The normalized spacial score (nSPS) is 13.9. The monoisotopic (exact) mass is 267 g/mol. The van der Waals surface area contributed by atoms with E-state index in [9.17, 15) is 0 Å². The molecule has 2 aromatic rings. The third-order valence-corrected chi connectivity index (χ3v) is 4.05. The van der Waals surface area contributed by atoms with Gasteiger partial charge in [0.25, 0.3) is 0 Å². The van der Waals surface area contributed by atoms with Gasteiger partial charge in [-0.3, -0.25) is 0 Å². The van der Waals surface area contributed by atoms with E-state index in [1.54, 1.807) is 0 Å². The zero-order chi connectivity index (χ0) is 13.9. The van der Waals surface area contributed by atoms with Crippen LogP contribution >= 0.6 is 0 Å². The maximum atomic E-state index is 6.12. The molecule has 0 aromatic heterocycles. The molecule has 0 bridgehead atoms. The number of benzene rings is 2. The second-order valence-corrected chi connectivity index (χ2v) is 5.51. The van der Waals surface area contributed by atoms with Crippen molar-refractivity contribution in [2.24, 2.45) is 5.73 Å². The average molecular weight is 267 g/mol. The molecule has 3 rings (SSSR count). The van der Waals surface area contributed by atoms with Crippen molar-refractivity contribution in [1.82, 2.24) is 0 Å². The Morgan fingerprint density at radius 3 is 2.65 bits per heavy atom. The molecule has 2 aromatic carbocycles. The Bertz CT molecular complexity index is 619. The van der Waals surface area contributed by atoms with Crippen LogP contribution in [0.1, 0.15) is 35.1 Å². The summed E-state index contributed by atoms with van der Waals surface area (Å²) < 4.78 is 6.12. The first kappa shape index (κ1) is 13.2. The van der Waals surface area contributed by atoms with Crippen LogP contribution in [0.5, 0.6) is 11.5 Å². The molecule has 20 heavy (non-hydrogen) atoms. The topological polar surface area (TPSA) is 35.2 Å². The van der Waals surface area contributed by atoms with Crippen LogP contribution in [0.4, 0.5) is 0 Å². The van der Waals surface area contributed by atoms with Crippen molar-refractivity contribution in [3.8, 4) is 11.5 Å². The Labute approximate surface area is 120 Å². The summed E-state index contributed by atoms with van der Waals surface area (Å²) in [5, 5.41) is 0. The van der Waals surface area contributed by atoms with Gasteiger partial charge >= 0.3 is 0 Å². The number of fused-ring (bicyclic) bond motifs is 1. The third kappa shape index (κ3) is 2.56. The van der Waals surface area contributed by atoms with Crippen LogP contribution in [-0.4, -0.2) is 0 Å². The van der Waals surface area contributed by atoms with Crippen LogP contribution in [0.3, 0.4) is 0 Å². The predicted molar refractivity (Wildman–Crippen MR) is 82.2 cm³/mol. The van der Waals surface area contributed by atoms with E-state index in [0.29, 0.717) is 6.54 Å². The van der Waals surface area contributed by atoms with E-state index in [2.05, 4.69) is 31.2 Å². The molecule has 0 spiro atoms. The van der Waals surface area contributed by atoms with E-state index >= 15 is 0 Å². The summed E-state index contributed by atoms with van der Waals surface area (Å²) in [6, 6.07) is 12.6. The number of aryl methyl sites for hydroxylation is 3. The van der Waals surface area contributed by atoms with Gasteiger partial charge in [0.2, 0.25) is 0 Å². The smallest absolute Gasteiger partial charge is 0.134 e. The fourth-order valence-electron chi connectivity index (χ4n) is 2.91. The largest absolute Gasteiger partial charge is 0.457 e. The van der Waals surface area contributed by atoms with Gasteiger partial charge < -0.3 is 10.5 Å². The number of ether oxygens (including phenoxy) is 1. The second kappa shape index (κ2) is 5.68. The minimum atomic E-state index is 0.502. The highest BCUT2D eigenvalue weighted by Gasteiger charge is 2.12. The molecule has 0 atom stereocenters. The number of hydrogen-bond acceptors (Lipinski definition) is 2. The summed E-state index contributed by atoms with van der Waals surface area (Å²) in [5.74, 6) is 1.83. The molecular formula is C18H21NO. The Morgan fingerprint density at radius 2 is 1.85 bits per heavy atom. The van der Waals surface area contributed by atoms with Gasteiger partial charge in [-0.1, -0.05) is 24.3 Å². The minimum Gasteiger partial charge on any atom is -0.457 e. The summed E-state index contributed by atoms with van der Waals surface area (Å²) in [6.45, 7) is 2.56. The molecule has 1 aliphatic carbocycles. The lowest BCUT2D eigenvalue weighted by Crippen LogP contribution is -2.04. The summed E-state index contributed by atoms with van der Waals surface area (Å²) in [5.41, 5.74) is 10.9. The number of nitrogens with two attached hydrogens (primary N) is 1. The first-order valence-electron chi connectivity index (χ1n) is 7.36. The Balaban J connectivity index is 1.92. The van der Waals surface area contributed by atoms with E-state index in [1.165, 1.54) is 36.8 Å². The van der Waals surface area contributed by atoms with Gasteiger partial charge in [0.05, 0.1) is 0 Å². The van der Waals surface area contributed by atoms with Gasteiger partial charge in [0.1, 0.15) is 11.5 Å². The summed E-state index contributed by atoms with van der Waals surface area (Å²) in [7, 11) is 0. The van der Waals surface area contributed by atoms with E-state index in [0.717, 1.165) is 22.6 Å². The lowest BCUT2D eigenvalue weighted by molar-refractivity contribution is 0.471. The van der Waals surface area contributed by atoms with E-state index in [-0.39, 0.29) is 0 Å². The van der Waals surface area contributed by atoms with Gasteiger partial charge in [-0.05, 0) is 61.4 Å². The zero-order valence-corrected chi connectivity index (χ0v) is 12.0. The molecule has 0 unspecified atom stereocenters. The molecule has 0 aliphatic heterocycles. The van der Waals surface area contributed by atoms with E-state index < -0.39 is 0 Å². The van der Waals surface area contributed by atoms with Crippen LogP contribution < -0.4 is 10.5 Å². The third-order valence-electron chi connectivity index (χ3n) is 4.05. The molecule has 0 radical (unpaired) electrons. The molecular weight excluding hydrogens is 246 g/mol. The molecule has 0 saturated carbocycles. The van der Waals surface area contributed by atoms with Crippen LogP contribution in [0, 0.1) is 6.92 Å². The van der Waals surface area contributed by atoms with Crippen LogP contribution in [0.15, 0.2) is 36.4 Å². The van der Waals surface area contributed by atoms with Crippen molar-refractivity contribution in [2.45, 2.75) is 39.2 Å². The first-order chi connectivity index (χ1) is 9.78. The van der Waals surface area contributed by atoms with Crippen LogP contribution in [0.25, 0.3) is 0 Å². The molecule has 0 heterocycles.